The van der Waals surface area contributed by atoms with Crippen LogP contribution in [-0.4, -0.2) is 38.3 Å². The number of hydrogen-bond donors (Lipinski definition) is 2. The first-order valence-corrected chi connectivity index (χ1v) is 8.75. The highest BCUT2D eigenvalue weighted by Crippen LogP contribution is 2.28. The lowest BCUT2D eigenvalue weighted by molar-refractivity contribution is -0.125. The number of halogens is 2. The van der Waals surface area contributed by atoms with Gasteiger partial charge in [-0.1, -0.05) is 12.1 Å². The Balaban J connectivity index is 0.00000140. The van der Waals surface area contributed by atoms with Gasteiger partial charge in [-0.25, -0.2) is 4.98 Å². The third kappa shape index (κ3) is 4.73. The summed E-state index contributed by atoms with van der Waals surface area (Å²) in [6.45, 7) is 2.01. The lowest BCUT2D eigenvalue weighted by Crippen LogP contribution is -2.33. The Bertz CT molecular complexity index is 895. The van der Waals surface area contributed by atoms with Crippen LogP contribution in [0.1, 0.15) is 17.0 Å². The maximum Gasteiger partial charge on any atom is 0.225 e. The van der Waals surface area contributed by atoms with Crippen LogP contribution in [0.4, 0.5) is 0 Å². The predicted molar refractivity (Wildman–Crippen MR) is 112 cm³/mol. The fourth-order valence-electron chi connectivity index (χ4n) is 3.50. The normalized spacial score (nSPS) is 18.2. The van der Waals surface area contributed by atoms with Crippen LogP contribution in [0.2, 0.25) is 0 Å². The molecule has 150 valence electrons. The molecule has 0 saturated carbocycles. The fraction of sp³-hybridized carbons (Fsp3) is 0.316. The minimum atomic E-state index is -0.0731. The van der Waals surface area contributed by atoms with Crippen molar-refractivity contribution in [1.29, 1.82) is 0 Å². The topological polar surface area (TPSA) is 76.8 Å². The summed E-state index contributed by atoms with van der Waals surface area (Å²) in [5.41, 5.74) is 3.21. The summed E-state index contributed by atoms with van der Waals surface area (Å²) >= 11 is 0. The molecule has 1 aliphatic heterocycles. The lowest BCUT2D eigenvalue weighted by atomic mass is 9.90. The van der Waals surface area contributed by atoms with Crippen LogP contribution in [0.3, 0.4) is 0 Å². The van der Waals surface area contributed by atoms with Gasteiger partial charge in [0, 0.05) is 56.9 Å². The maximum absolute atomic E-state index is 12.7. The van der Waals surface area contributed by atoms with Gasteiger partial charge >= 0.3 is 0 Å². The van der Waals surface area contributed by atoms with Crippen molar-refractivity contribution in [3.05, 3.63) is 66.5 Å². The zero-order valence-electron chi connectivity index (χ0n) is 15.5. The van der Waals surface area contributed by atoms with E-state index in [-0.39, 0.29) is 42.6 Å². The molecule has 0 radical (unpaired) electrons. The molecule has 1 amide bonds. The van der Waals surface area contributed by atoms with E-state index in [1.165, 1.54) is 0 Å². The van der Waals surface area contributed by atoms with Gasteiger partial charge in [0.1, 0.15) is 0 Å². The minimum Gasteiger partial charge on any atom is -0.352 e. The minimum absolute atomic E-state index is 0. The molecule has 2 aromatic heterocycles. The second kappa shape index (κ2) is 9.73. The molecular weight excluding hydrogens is 399 g/mol. The van der Waals surface area contributed by atoms with Gasteiger partial charge in [0.2, 0.25) is 5.91 Å². The first-order chi connectivity index (χ1) is 12.7. The Morgan fingerprint density at radius 1 is 1.32 bits per heavy atom. The second-order valence-corrected chi connectivity index (χ2v) is 6.68. The SMILES string of the molecule is Cl.Cl.Cn1cc([C@H]2CNC[C@@H]2C(=O)NCc2cccc(-n3ccnc3)c2)cn1. The van der Waals surface area contributed by atoms with Crippen LogP contribution in [0, 0.1) is 5.92 Å². The standard InChI is InChI=1S/C19H22N6O.2ClH/c1-24-12-15(9-23-24)17-10-21-11-18(17)19(26)22-8-14-3-2-4-16(7-14)25-6-5-20-13-25;;/h2-7,9,12-13,17-18,21H,8,10-11H2,1H3,(H,22,26);2*1H/t17-,18+;;/m1../s1. The highest BCUT2D eigenvalue weighted by atomic mass is 35.5. The molecule has 1 aromatic carbocycles. The molecule has 1 aliphatic rings. The van der Waals surface area contributed by atoms with Gasteiger partial charge in [-0.2, -0.15) is 5.10 Å². The van der Waals surface area contributed by atoms with E-state index in [0.29, 0.717) is 13.1 Å². The molecule has 2 N–H and O–H groups in total. The zero-order valence-corrected chi connectivity index (χ0v) is 17.1. The van der Waals surface area contributed by atoms with E-state index in [2.05, 4.69) is 26.8 Å². The van der Waals surface area contributed by atoms with E-state index >= 15 is 0 Å². The van der Waals surface area contributed by atoms with Crippen LogP contribution in [0.25, 0.3) is 5.69 Å². The Labute approximate surface area is 176 Å². The molecule has 1 fully saturated rings. The van der Waals surface area contributed by atoms with Crippen molar-refractivity contribution in [1.82, 2.24) is 30.0 Å². The summed E-state index contributed by atoms with van der Waals surface area (Å²) in [7, 11) is 1.90. The van der Waals surface area contributed by atoms with E-state index in [1.54, 1.807) is 17.2 Å². The molecule has 3 aromatic rings. The van der Waals surface area contributed by atoms with Crippen molar-refractivity contribution >= 4 is 30.7 Å². The summed E-state index contributed by atoms with van der Waals surface area (Å²) in [5, 5.41) is 10.7. The van der Waals surface area contributed by atoms with Gasteiger partial charge in [-0.15, -0.1) is 24.8 Å². The van der Waals surface area contributed by atoms with Gasteiger partial charge in [0.25, 0.3) is 0 Å². The van der Waals surface area contributed by atoms with E-state index in [1.807, 2.05) is 48.4 Å². The van der Waals surface area contributed by atoms with Crippen LogP contribution in [0.15, 0.2) is 55.4 Å². The summed E-state index contributed by atoms with van der Waals surface area (Å²) < 4.78 is 3.73. The number of nitrogens with one attached hydrogen (secondary N) is 2. The molecule has 0 aliphatic carbocycles. The van der Waals surface area contributed by atoms with Crippen molar-refractivity contribution in [2.75, 3.05) is 13.1 Å². The molecule has 2 atom stereocenters. The van der Waals surface area contributed by atoms with E-state index in [4.69, 9.17) is 0 Å². The summed E-state index contributed by atoms with van der Waals surface area (Å²) in [4.78, 5) is 16.8. The number of amides is 1. The first kappa shape index (κ1) is 21.9. The van der Waals surface area contributed by atoms with E-state index in [9.17, 15) is 4.79 Å². The third-order valence-corrected chi connectivity index (χ3v) is 4.88. The number of imidazole rings is 1. The first-order valence-electron chi connectivity index (χ1n) is 8.75. The number of aryl methyl sites for hydroxylation is 1. The summed E-state index contributed by atoms with van der Waals surface area (Å²) in [5.74, 6) is 0.175. The Morgan fingerprint density at radius 3 is 2.89 bits per heavy atom. The van der Waals surface area contributed by atoms with Gasteiger partial charge in [0.15, 0.2) is 0 Å². The van der Waals surface area contributed by atoms with Crippen molar-refractivity contribution in [3.63, 3.8) is 0 Å². The number of hydrogen-bond acceptors (Lipinski definition) is 4. The molecule has 4 rings (SSSR count). The van der Waals surface area contributed by atoms with Gasteiger partial charge in [-0.05, 0) is 23.3 Å². The molecule has 0 unspecified atom stereocenters. The largest absolute Gasteiger partial charge is 0.352 e. The molecule has 28 heavy (non-hydrogen) atoms. The predicted octanol–water partition coefficient (Wildman–Crippen LogP) is 2.07. The molecular formula is C19H24Cl2N6O. The third-order valence-electron chi connectivity index (χ3n) is 4.88. The van der Waals surface area contributed by atoms with Crippen LogP contribution < -0.4 is 10.6 Å². The van der Waals surface area contributed by atoms with Crippen LogP contribution >= 0.6 is 24.8 Å². The van der Waals surface area contributed by atoms with Gasteiger partial charge < -0.3 is 15.2 Å². The average Bonchev–Trinajstić information content (AvgIpc) is 3.40. The highest BCUT2D eigenvalue weighted by Gasteiger charge is 2.34. The van der Waals surface area contributed by atoms with Crippen LogP contribution in [0.5, 0.6) is 0 Å². The summed E-state index contributed by atoms with van der Waals surface area (Å²) in [6, 6.07) is 8.10. The van der Waals surface area contributed by atoms with E-state index in [0.717, 1.165) is 23.4 Å². The lowest BCUT2D eigenvalue weighted by Gasteiger charge is -2.17. The van der Waals surface area contributed by atoms with Crippen molar-refractivity contribution in [2.45, 2.75) is 12.5 Å². The summed E-state index contributed by atoms with van der Waals surface area (Å²) in [6.07, 6.45) is 9.26. The quantitative estimate of drug-likeness (QED) is 0.659. The number of nitrogens with zero attached hydrogens (tertiary/aromatic N) is 4. The van der Waals surface area contributed by atoms with Crippen molar-refractivity contribution in [2.24, 2.45) is 13.0 Å². The molecule has 7 nitrogen and oxygen atoms in total. The van der Waals surface area contributed by atoms with Crippen molar-refractivity contribution in [3.8, 4) is 5.69 Å². The molecule has 1 saturated heterocycles. The van der Waals surface area contributed by atoms with Crippen molar-refractivity contribution < 1.29 is 4.79 Å². The van der Waals surface area contributed by atoms with Crippen LogP contribution in [-0.2, 0) is 18.4 Å². The molecule has 0 spiro atoms. The Morgan fingerprint density at radius 2 is 2.18 bits per heavy atom. The second-order valence-electron chi connectivity index (χ2n) is 6.68. The number of carbonyl (C=O) groups excluding carboxylic acids is 1. The fourth-order valence-corrected chi connectivity index (χ4v) is 3.50. The zero-order chi connectivity index (χ0) is 17.9. The number of benzene rings is 1. The number of aromatic nitrogens is 4. The Kier molecular flexibility index (Phi) is 7.62. The maximum atomic E-state index is 12.7. The Hall–Kier alpha value is -2.35. The smallest absolute Gasteiger partial charge is 0.225 e. The van der Waals surface area contributed by atoms with E-state index < -0.39 is 0 Å². The average molecular weight is 423 g/mol. The molecule has 9 heteroatoms. The number of carbonyl (C=O) groups is 1. The van der Waals surface area contributed by atoms with Gasteiger partial charge in [0.05, 0.1) is 18.4 Å². The monoisotopic (exact) mass is 422 g/mol. The highest BCUT2D eigenvalue weighted by molar-refractivity contribution is 5.85. The van der Waals surface area contributed by atoms with Gasteiger partial charge in [-0.3, -0.25) is 9.48 Å². The molecule has 3 heterocycles. The number of rotatable bonds is 5. The molecule has 0 bridgehead atoms.